The molecule has 23 heavy (non-hydrogen) atoms. The number of esters is 1. The molecule has 0 saturated heterocycles. The van der Waals surface area contributed by atoms with Crippen molar-refractivity contribution in [1.82, 2.24) is 0 Å². The van der Waals surface area contributed by atoms with Gasteiger partial charge < -0.3 is 9.47 Å². The molecule has 0 bridgehead atoms. The average Bonchev–Trinajstić information content (AvgIpc) is 2.48. The number of nitrogens with zero attached hydrogens (tertiary/aromatic N) is 1. The van der Waals surface area contributed by atoms with Crippen LogP contribution in [-0.4, -0.2) is 19.2 Å². The summed E-state index contributed by atoms with van der Waals surface area (Å²) in [7, 11) is 0. The van der Waals surface area contributed by atoms with Gasteiger partial charge >= 0.3 is 12.1 Å². The molecular weight excluding hydrogens is 311 g/mol. The van der Waals surface area contributed by atoms with E-state index in [1.807, 2.05) is 6.92 Å². The maximum absolute atomic E-state index is 12.8. The van der Waals surface area contributed by atoms with E-state index in [0.29, 0.717) is 13.0 Å². The molecule has 0 heterocycles. The first-order valence-corrected chi connectivity index (χ1v) is 7.11. The van der Waals surface area contributed by atoms with Gasteiger partial charge in [0.25, 0.3) is 0 Å². The molecular formula is C16H18F3NO3. The molecule has 0 aliphatic rings. The summed E-state index contributed by atoms with van der Waals surface area (Å²) in [6.45, 7) is 3.77. The van der Waals surface area contributed by atoms with Gasteiger partial charge in [-0.25, -0.2) is 0 Å². The van der Waals surface area contributed by atoms with Gasteiger partial charge in [-0.05, 0) is 37.0 Å². The molecule has 1 aromatic rings. The molecule has 4 nitrogen and oxygen atoms in total. The number of hydrogen-bond acceptors (Lipinski definition) is 4. The number of benzene rings is 1. The average molecular weight is 329 g/mol. The highest BCUT2D eigenvalue weighted by atomic mass is 19.4. The van der Waals surface area contributed by atoms with Crippen LogP contribution in [0.1, 0.15) is 37.8 Å². The van der Waals surface area contributed by atoms with Gasteiger partial charge in [-0.15, -0.1) is 0 Å². The second-order valence-corrected chi connectivity index (χ2v) is 5.22. The largest absolute Gasteiger partial charge is 0.493 e. The van der Waals surface area contributed by atoms with E-state index in [0.717, 1.165) is 18.6 Å². The van der Waals surface area contributed by atoms with Crippen molar-refractivity contribution >= 4 is 5.97 Å². The smallest absolute Gasteiger partial charge is 0.417 e. The first-order chi connectivity index (χ1) is 10.7. The molecule has 0 saturated carbocycles. The predicted octanol–water partition coefficient (Wildman–Crippen LogP) is 3.94. The van der Waals surface area contributed by atoms with E-state index in [9.17, 15) is 18.0 Å². The summed E-state index contributed by atoms with van der Waals surface area (Å²) < 4.78 is 48.7. The third-order valence-electron chi connectivity index (χ3n) is 3.10. The normalized spacial score (nSPS) is 12.3. The zero-order chi connectivity index (χ0) is 17.5. The highest BCUT2D eigenvalue weighted by Gasteiger charge is 2.34. The van der Waals surface area contributed by atoms with E-state index in [1.54, 1.807) is 0 Å². The molecule has 1 atom stereocenters. The van der Waals surface area contributed by atoms with Crippen LogP contribution in [0, 0.1) is 17.2 Å². The van der Waals surface area contributed by atoms with Gasteiger partial charge in [-0.3, -0.25) is 4.79 Å². The molecule has 126 valence electrons. The second-order valence-electron chi connectivity index (χ2n) is 5.22. The first-order valence-electron chi connectivity index (χ1n) is 7.11. The molecule has 0 aliphatic heterocycles. The topological polar surface area (TPSA) is 59.3 Å². The van der Waals surface area contributed by atoms with Crippen molar-refractivity contribution in [3.05, 3.63) is 29.3 Å². The van der Waals surface area contributed by atoms with E-state index in [2.05, 4.69) is 0 Å². The Balaban J connectivity index is 2.55. The fourth-order valence-corrected chi connectivity index (χ4v) is 1.91. The standard InChI is InChI=1S/C16H18F3NO3/c1-11(4-3-7-22-12(2)21)10-23-14-6-5-13(9-20)15(8-14)16(17,18)19/h5-6,8,11H,3-4,7,10H2,1-2H3. The van der Waals surface area contributed by atoms with Crippen LogP contribution >= 0.6 is 0 Å². The molecule has 0 amide bonds. The van der Waals surface area contributed by atoms with Gasteiger partial charge in [0, 0.05) is 6.92 Å². The Morgan fingerprint density at radius 1 is 1.39 bits per heavy atom. The van der Waals surface area contributed by atoms with E-state index in [-0.39, 0.29) is 24.2 Å². The Labute approximate surface area is 132 Å². The molecule has 0 spiro atoms. The van der Waals surface area contributed by atoms with Crippen molar-refractivity contribution in [2.24, 2.45) is 5.92 Å². The minimum absolute atomic E-state index is 0.0724. The summed E-state index contributed by atoms with van der Waals surface area (Å²) in [6.07, 6.45) is -3.22. The number of nitriles is 1. The van der Waals surface area contributed by atoms with Crippen LogP contribution in [-0.2, 0) is 15.7 Å². The number of alkyl halides is 3. The third kappa shape index (κ3) is 6.59. The Bertz CT molecular complexity index is 579. The van der Waals surface area contributed by atoms with Crippen molar-refractivity contribution in [1.29, 1.82) is 5.26 Å². The van der Waals surface area contributed by atoms with Crippen molar-refractivity contribution in [3.8, 4) is 11.8 Å². The lowest BCUT2D eigenvalue weighted by atomic mass is 10.1. The molecule has 1 unspecified atom stereocenters. The predicted molar refractivity (Wildman–Crippen MR) is 76.7 cm³/mol. The Morgan fingerprint density at radius 3 is 2.65 bits per heavy atom. The van der Waals surface area contributed by atoms with Gasteiger partial charge in [0.15, 0.2) is 0 Å². The molecule has 1 aromatic carbocycles. The van der Waals surface area contributed by atoms with Gasteiger partial charge in [0.1, 0.15) is 5.75 Å². The molecule has 0 aliphatic carbocycles. The van der Waals surface area contributed by atoms with Gasteiger partial charge in [0.05, 0.1) is 30.4 Å². The van der Waals surface area contributed by atoms with Crippen LogP contribution in [0.2, 0.25) is 0 Å². The molecule has 7 heteroatoms. The fourth-order valence-electron chi connectivity index (χ4n) is 1.91. The van der Waals surface area contributed by atoms with Gasteiger partial charge in [-0.2, -0.15) is 18.4 Å². The van der Waals surface area contributed by atoms with Crippen molar-refractivity contribution in [2.45, 2.75) is 32.9 Å². The molecule has 0 aromatic heterocycles. The fraction of sp³-hybridized carbons (Fsp3) is 0.500. The summed E-state index contributed by atoms with van der Waals surface area (Å²) in [6, 6.07) is 4.81. The van der Waals surface area contributed by atoms with Crippen LogP contribution in [0.15, 0.2) is 18.2 Å². The number of carbonyl (C=O) groups is 1. The van der Waals surface area contributed by atoms with E-state index in [1.165, 1.54) is 19.1 Å². The first kappa shape index (κ1) is 18.8. The zero-order valence-corrected chi connectivity index (χ0v) is 12.9. The molecule has 0 N–H and O–H groups in total. The summed E-state index contributed by atoms with van der Waals surface area (Å²) >= 11 is 0. The second kappa shape index (κ2) is 8.42. The minimum Gasteiger partial charge on any atom is -0.493 e. The van der Waals surface area contributed by atoms with Crippen molar-refractivity contribution < 1.29 is 27.4 Å². The van der Waals surface area contributed by atoms with Crippen LogP contribution in [0.3, 0.4) is 0 Å². The van der Waals surface area contributed by atoms with E-state index < -0.39 is 17.3 Å². The maximum atomic E-state index is 12.8. The highest BCUT2D eigenvalue weighted by molar-refractivity contribution is 5.65. The lowest BCUT2D eigenvalue weighted by molar-refractivity contribution is -0.141. The van der Waals surface area contributed by atoms with Gasteiger partial charge in [0.2, 0.25) is 0 Å². The highest BCUT2D eigenvalue weighted by Crippen LogP contribution is 2.34. The van der Waals surface area contributed by atoms with E-state index >= 15 is 0 Å². The number of ether oxygens (including phenoxy) is 2. The summed E-state index contributed by atoms with van der Waals surface area (Å²) in [5.74, 6) is -0.176. The summed E-state index contributed by atoms with van der Waals surface area (Å²) in [5, 5.41) is 8.72. The zero-order valence-electron chi connectivity index (χ0n) is 12.9. The minimum atomic E-state index is -4.60. The number of hydrogen-bond donors (Lipinski definition) is 0. The lowest BCUT2D eigenvalue weighted by Crippen LogP contribution is -2.12. The Morgan fingerprint density at radius 2 is 2.09 bits per heavy atom. The Kier molecular flexibility index (Phi) is 6.89. The summed E-state index contributed by atoms with van der Waals surface area (Å²) in [5.41, 5.74) is -1.43. The maximum Gasteiger partial charge on any atom is 0.417 e. The molecule has 0 radical (unpaired) electrons. The Hall–Kier alpha value is -2.23. The van der Waals surface area contributed by atoms with E-state index in [4.69, 9.17) is 14.7 Å². The van der Waals surface area contributed by atoms with Crippen LogP contribution < -0.4 is 4.74 Å². The number of rotatable bonds is 7. The number of halogens is 3. The lowest BCUT2D eigenvalue weighted by Gasteiger charge is -2.15. The van der Waals surface area contributed by atoms with Crippen LogP contribution in [0.5, 0.6) is 5.75 Å². The third-order valence-corrected chi connectivity index (χ3v) is 3.10. The van der Waals surface area contributed by atoms with Crippen LogP contribution in [0.4, 0.5) is 13.2 Å². The summed E-state index contributed by atoms with van der Waals surface area (Å²) in [4.78, 5) is 10.6. The van der Waals surface area contributed by atoms with Crippen molar-refractivity contribution in [3.63, 3.8) is 0 Å². The quantitative estimate of drug-likeness (QED) is 0.562. The molecule has 1 rings (SSSR count). The van der Waals surface area contributed by atoms with Crippen molar-refractivity contribution in [2.75, 3.05) is 13.2 Å². The van der Waals surface area contributed by atoms with Gasteiger partial charge in [-0.1, -0.05) is 6.92 Å². The monoisotopic (exact) mass is 329 g/mol. The number of carbonyl (C=O) groups excluding carboxylic acids is 1. The van der Waals surface area contributed by atoms with Crippen LogP contribution in [0.25, 0.3) is 0 Å². The molecule has 0 fully saturated rings. The SMILES string of the molecule is CC(=O)OCCCC(C)COc1ccc(C#N)c(C(F)(F)F)c1.